The number of aromatic nitrogens is 1. The second kappa shape index (κ2) is 10.8. The number of carboxylic acids is 1. The van der Waals surface area contributed by atoms with Crippen LogP contribution in [0.25, 0.3) is 11.1 Å². The van der Waals surface area contributed by atoms with Gasteiger partial charge in [-0.25, -0.2) is 4.79 Å². The number of ether oxygens (including phenoxy) is 1. The van der Waals surface area contributed by atoms with E-state index in [2.05, 4.69) is 15.6 Å². The molecule has 3 N–H and O–H groups in total. The summed E-state index contributed by atoms with van der Waals surface area (Å²) in [6, 6.07) is 15.3. The van der Waals surface area contributed by atoms with E-state index in [9.17, 15) is 19.5 Å². The number of hydrogen-bond acceptors (Lipinski definition) is 5. The first-order chi connectivity index (χ1) is 16.5. The van der Waals surface area contributed by atoms with Crippen LogP contribution in [0.5, 0.6) is 0 Å². The van der Waals surface area contributed by atoms with E-state index in [1.807, 2.05) is 13.0 Å². The summed E-state index contributed by atoms with van der Waals surface area (Å²) in [4.78, 5) is 40.5. The van der Waals surface area contributed by atoms with Gasteiger partial charge in [-0.15, -0.1) is 0 Å². The molecule has 0 spiro atoms. The number of carbonyl (C=O) groups excluding carboxylic acids is 2. The van der Waals surface area contributed by atoms with Crippen LogP contribution < -0.4 is 10.6 Å². The molecule has 0 fully saturated rings. The number of alkyl carbamates (subject to hydrolysis) is 1. The Morgan fingerprint density at radius 3 is 2.40 bits per heavy atom. The molecule has 8 heteroatoms. The van der Waals surface area contributed by atoms with Gasteiger partial charge >= 0.3 is 12.1 Å². The molecule has 2 aromatic carbocycles. The number of pyridine rings is 1. The summed E-state index contributed by atoms with van der Waals surface area (Å²) in [6.45, 7) is 7.17. The third kappa shape index (κ3) is 7.40. The first-order valence-electron chi connectivity index (χ1n) is 11.2. The van der Waals surface area contributed by atoms with Crippen molar-refractivity contribution in [3.63, 3.8) is 0 Å². The molecule has 0 aliphatic heterocycles. The molecule has 1 heterocycles. The topological polar surface area (TPSA) is 118 Å². The molecule has 0 saturated heterocycles. The minimum Gasteiger partial charge on any atom is -0.481 e. The smallest absolute Gasteiger partial charge is 0.408 e. The van der Waals surface area contributed by atoms with E-state index in [0.29, 0.717) is 22.4 Å². The summed E-state index contributed by atoms with van der Waals surface area (Å²) >= 11 is 0. The van der Waals surface area contributed by atoms with E-state index >= 15 is 0 Å². The van der Waals surface area contributed by atoms with Gasteiger partial charge in [-0.2, -0.15) is 0 Å². The van der Waals surface area contributed by atoms with Crippen molar-refractivity contribution in [3.8, 4) is 11.1 Å². The zero-order chi connectivity index (χ0) is 25.6. The van der Waals surface area contributed by atoms with Crippen molar-refractivity contribution in [1.29, 1.82) is 0 Å². The molecule has 182 valence electrons. The van der Waals surface area contributed by atoms with Crippen LogP contribution in [0.1, 0.15) is 55.2 Å². The lowest BCUT2D eigenvalue weighted by Gasteiger charge is -2.23. The maximum absolute atomic E-state index is 12.9. The Morgan fingerprint density at radius 1 is 1.03 bits per heavy atom. The van der Waals surface area contributed by atoms with Gasteiger partial charge in [0.2, 0.25) is 0 Å². The monoisotopic (exact) mass is 475 g/mol. The number of carbonyl (C=O) groups is 3. The highest BCUT2D eigenvalue weighted by molar-refractivity contribution is 6.05. The number of amides is 2. The molecule has 0 saturated carbocycles. The quantitative estimate of drug-likeness (QED) is 0.432. The van der Waals surface area contributed by atoms with E-state index in [0.717, 1.165) is 11.1 Å². The average Bonchev–Trinajstić information content (AvgIpc) is 2.77. The second-order valence-electron chi connectivity index (χ2n) is 9.13. The van der Waals surface area contributed by atoms with Crippen molar-refractivity contribution in [2.75, 3.05) is 5.32 Å². The maximum atomic E-state index is 12.9. The predicted octanol–water partition coefficient (Wildman–Crippen LogP) is 5.21. The molecule has 1 atom stereocenters. The van der Waals surface area contributed by atoms with Crippen LogP contribution in [0.15, 0.2) is 67.0 Å². The number of benzene rings is 2. The van der Waals surface area contributed by atoms with E-state index in [4.69, 9.17) is 4.74 Å². The lowest BCUT2D eigenvalue weighted by molar-refractivity contribution is -0.136. The number of nitrogens with one attached hydrogen (secondary N) is 2. The minimum absolute atomic E-state index is 0.128. The van der Waals surface area contributed by atoms with Crippen LogP contribution in [0.4, 0.5) is 10.5 Å². The number of aliphatic carboxylic acids is 1. The Kier molecular flexibility index (Phi) is 7.86. The fourth-order valence-electron chi connectivity index (χ4n) is 3.55. The van der Waals surface area contributed by atoms with Crippen LogP contribution in [0.2, 0.25) is 0 Å². The Hall–Kier alpha value is -4.20. The van der Waals surface area contributed by atoms with E-state index in [-0.39, 0.29) is 12.3 Å². The molecular formula is C27H29N3O5. The average molecular weight is 476 g/mol. The number of anilines is 1. The maximum Gasteiger partial charge on any atom is 0.408 e. The van der Waals surface area contributed by atoms with Crippen molar-refractivity contribution < 1.29 is 24.2 Å². The fourth-order valence-corrected chi connectivity index (χ4v) is 3.55. The van der Waals surface area contributed by atoms with Crippen molar-refractivity contribution in [3.05, 3.63) is 83.7 Å². The third-order valence-electron chi connectivity index (χ3n) is 5.05. The number of nitrogens with zero attached hydrogens (tertiary/aromatic N) is 1. The highest BCUT2D eigenvalue weighted by Crippen LogP contribution is 2.31. The van der Waals surface area contributed by atoms with Crippen molar-refractivity contribution in [2.45, 2.75) is 45.8 Å². The summed E-state index contributed by atoms with van der Waals surface area (Å²) in [6.07, 6.45) is 2.48. The molecule has 2 amide bonds. The highest BCUT2D eigenvalue weighted by atomic mass is 16.6. The lowest BCUT2D eigenvalue weighted by atomic mass is 9.92. The molecule has 35 heavy (non-hydrogen) atoms. The van der Waals surface area contributed by atoms with Gasteiger partial charge in [0.15, 0.2) is 0 Å². The molecule has 0 radical (unpaired) electrons. The summed E-state index contributed by atoms with van der Waals surface area (Å²) in [7, 11) is 0. The standard InChI is InChI=1S/C27H29N3O5/c1-17(29-26(34)35-27(2,3)4)22-9-8-20(25(33)30-21-10-12-28-13-11-21)16-23(22)19-7-5-6-18(14-19)15-24(31)32/h5-14,16-17H,15H2,1-4H3,(H,29,34)(H,31,32)(H,28,30,33). The minimum atomic E-state index is -0.937. The molecule has 3 aromatic rings. The molecule has 3 rings (SSSR count). The molecule has 8 nitrogen and oxygen atoms in total. The van der Waals surface area contributed by atoms with Gasteiger partial charge in [0.05, 0.1) is 12.5 Å². The van der Waals surface area contributed by atoms with E-state index < -0.39 is 23.7 Å². The zero-order valence-electron chi connectivity index (χ0n) is 20.2. The highest BCUT2D eigenvalue weighted by Gasteiger charge is 2.21. The van der Waals surface area contributed by atoms with Gasteiger partial charge in [-0.1, -0.05) is 30.3 Å². The zero-order valence-corrected chi connectivity index (χ0v) is 20.2. The molecule has 1 aromatic heterocycles. The van der Waals surface area contributed by atoms with Gasteiger partial charge < -0.3 is 20.5 Å². The van der Waals surface area contributed by atoms with Crippen LogP contribution >= 0.6 is 0 Å². The van der Waals surface area contributed by atoms with Crippen LogP contribution in [0.3, 0.4) is 0 Å². The van der Waals surface area contributed by atoms with Crippen LogP contribution in [0, 0.1) is 0 Å². The molecule has 0 aliphatic carbocycles. The van der Waals surface area contributed by atoms with E-state index in [1.165, 1.54) is 0 Å². The second-order valence-corrected chi connectivity index (χ2v) is 9.13. The van der Waals surface area contributed by atoms with Crippen LogP contribution in [-0.2, 0) is 16.0 Å². The number of carboxylic acid groups (broad SMARTS) is 1. The SMILES string of the molecule is CC(NC(=O)OC(C)(C)C)c1ccc(C(=O)Nc2ccncc2)cc1-c1cccc(CC(=O)O)c1. The molecule has 0 aliphatic rings. The van der Waals surface area contributed by atoms with E-state index in [1.54, 1.807) is 81.7 Å². The Balaban J connectivity index is 1.99. The van der Waals surface area contributed by atoms with Gasteiger partial charge in [0, 0.05) is 23.6 Å². The van der Waals surface area contributed by atoms with Gasteiger partial charge in [-0.05, 0) is 74.2 Å². The summed E-state index contributed by atoms with van der Waals surface area (Å²) in [5.41, 5.74) is 3.18. The largest absolute Gasteiger partial charge is 0.481 e. The molecule has 1 unspecified atom stereocenters. The Labute approximate surface area is 204 Å². The normalized spacial score (nSPS) is 11.9. The van der Waals surface area contributed by atoms with Gasteiger partial charge in [-0.3, -0.25) is 14.6 Å². The van der Waals surface area contributed by atoms with Crippen molar-refractivity contribution in [1.82, 2.24) is 10.3 Å². The molecule has 0 bridgehead atoms. The first kappa shape index (κ1) is 25.4. The fraction of sp³-hybridized carbons (Fsp3) is 0.259. The summed E-state index contributed by atoms with van der Waals surface area (Å²) in [5.74, 6) is -1.24. The molecular weight excluding hydrogens is 446 g/mol. The van der Waals surface area contributed by atoms with Crippen molar-refractivity contribution in [2.24, 2.45) is 0 Å². The van der Waals surface area contributed by atoms with Gasteiger partial charge in [0.25, 0.3) is 5.91 Å². The summed E-state index contributed by atoms with van der Waals surface area (Å²) in [5, 5.41) is 14.9. The lowest BCUT2D eigenvalue weighted by Crippen LogP contribution is -2.34. The van der Waals surface area contributed by atoms with Crippen LogP contribution in [-0.4, -0.2) is 33.7 Å². The Morgan fingerprint density at radius 2 is 1.74 bits per heavy atom. The predicted molar refractivity (Wildman–Crippen MR) is 133 cm³/mol. The number of rotatable bonds is 7. The van der Waals surface area contributed by atoms with Gasteiger partial charge in [0.1, 0.15) is 5.60 Å². The first-order valence-corrected chi connectivity index (χ1v) is 11.2. The third-order valence-corrected chi connectivity index (χ3v) is 5.05. The number of hydrogen-bond donors (Lipinski definition) is 3. The Bertz CT molecular complexity index is 1220. The van der Waals surface area contributed by atoms with Crippen molar-refractivity contribution >= 4 is 23.7 Å². The summed E-state index contributed by atoms with van der Waals surface area (Å²) < 4.78 is 5.38.